The second-order valence-corrected chi connectivity index (χ2v) is 6.29. The number of aryl methyl sites for hydroxylation is 1. The maximum atomic E-state index is 13.1. The number of aromatic nitrogens is 2. The molecule has 1 fully saturated rings. The van der Waals surface area contributed by atoms with E-state index >= 15 is 0 Å². The average molecular weight is 346 g/mol. The van der Waals surface area contributed by atoms with Crippen molar-refractivity contribution >= 4 is 11.0 Å². The van der Waals surface area contributed by atoms with Crippen LogP contribution in [0.5, 0.6) is 0 Å². The number of rotatable bonds is 2. The van der Waals surface area contributed by atoms with Crippen LogP contribution in [-0.2, 0) is 10.9 Å². The second-order valence-electron chi connectivity index (χ2n) is 6.29. The first kappa shape index (κ1) is 16.1. The van der Waals surface area contributed by atoms with E-state index in [9.17, 15) is 13.2 Å². The van der Waals surface area contributed by atoms with Crippen LogP contribution in [0.2, 0.25) is 0 Å². The summed E-state index contributed by atoms with van der Waals surface area (Å²) < 4.78 is 46.8. The maximum Gasteiger partial charge on any atom is 0.416 e. The zero-order chi connectivity index (χ0) is 17.6. The van der Waals surface area contributed by atoms with Gasteiger partial charge in [-0.05, 0) is 49.6 Å². The summed E-state index contributed by atoms with van der Waals surface area (Å²) in [5.74, 6) is 0.668. The van der Waals surface area contributed by atoms with E-state index in [1.807, 2.05) is 35.8 Å². The number of hydrogen-bond acceptors (Lipinski definition) is 2. The Morgan fingerprint density at radius 1 is 1.16 bits per heavy atom. The number of benzene rings is 2. The predicted molar refractivity (Wildman–Crippen MR) is 88.7 cm³/mol. The first-order valence-corrected chi connectivity index (χ1v) is 8.22. The fraction of sp³-hybridized carbons (Fsp3) is 0.316. The molecule has 0 spiro atoms. The minimum atomic E-state index is -4.38. The number of alkyl halides is 3. The van der Waals surface area contributed by atoms with Crippen molar-refractivity contribution in [3.63, 3.8) is 0 Å². The van der Waals surface area contributed by atoms with E-state index in [2.05, 4.69) is 4.98 Å². The Hall–Kier alpha value is -2.34. The quantitative estimate of drug-likeness (QED) is 0.637. The number of fused-ring (bicyclic) bond motifs is 1. The Morgan fingerprint density at radius 2 is 1.96 bits per heavy atom. The van der Waals surface area contributed by atoms with E-state index in [0.717, 1.165) is 36.2 Å². The van der Waals surface area contributed by atoms with Gasteiger partial charge in [-0.25, -0.2) is 4.98 Å². The molecule has 1 aliphatic rings. The molecule has 1 saturated heterocycles. The first-order chi connectivity index (χ1) is 11.9. The van der Waals surface area contributed by atoms with E-state index in [-0.39, 0.29) is 6.10 Å². The summed E-state index contributed by atoms with van der Waals surface area (Å²) in [7, 11) is 0. The van der Waals surface area contributed by atoms with Gasteiger partial charge < -0.3 is 4.74 Å². The summed E-state index contributed by atoms with van der Waals surface area (Å²) in [6.07, 6.45) is -2.83. The molecule has 130 valence electrons. The van der Waals surface area contributed by atoms with Gasteiger partial charge in [-0.15, -0.1) is 0 Å². The van der Waals surface area contributed by atoms with Gasteiger partial charge in [-0.3, -0.25) is 4.57 Å². The normalized spacial score (nSPS) is 18.2. The Labute approximate surface area is 143 Å². The van der Waals surface area contributed by atoms with Crippen LogP contribution < -0.4 is 0 Å². The van der Waals surface area contributed by atoms with Crippen molar-refractivity contribution in [3.05, 3.63) is 59.4 Å². The van der Waals surface area contributed by atoms with Crippen molar-refractivity contribution < 1.29 is 17.9 Å². The van der Waals surface area contributed by atoms with Crippen LogP contribution in [0.25, 0.3) is 16.7 Å². The Kier molecular flexibility index (Phi) is 3.80. The van der Waals surface area contributed by atoms with Crippen LogP contribution in [0.1, 0.15) is 35.9 Å². The molecule has 25 heavy (non-hydrogen) atoms. The number of para-hydroxylation sites is 1. The van der Waals surface area contributed by atoms with Crippen molar-refractivity contribution in [2.75, 3.05) is 6.61 Å². The van der Waals surface area contributed by atoms with Crippen LogP contribution in [0.4, 0.5) is 13.2 Å². The number of hydrogen-bond donors (Lipinski definition) is 0. The third kappa shape index (κ3) is 2.80. The lowest BCUT2D eigenvalue weighted by atomic mass is 10.1. The van der Waals surface area contributed by atoms with Gasteiger partial charge in [0, 0.05) is 6.61 Å². The third-order valence-corrected chi connectivity index (χ3v) is 4.58. The van der Waals surface area contributed by atoms with Gasteiger partial charge in [0.05, 0.1) is 22.3 Å². The molecule has 0 amide bonds. The van der Waals surface area contributed by atoms with Crippen LogP contribution in [0.15, 0.2) is 42.5 Å². The molecular formula is C19H17F3N2O. The van der Waals surface area contributed by atoms with Gasteiger partial charge in [0.15, 0.2) is 0 Å². The highest BCUT2D eigenvalue weighted by atomic mass is 19.4. The molecule has 2 aromatic carbocycles. The zero-order valence-corrected chi connectivity index (χ0v) is 13.7. The van der Waals surface area contributed by atoms with Crippen molar-refractivity contribution in [2.45, 2.75) is 32.0 Å². The summed E-state index contributed by atoms with van der Waals surface area (Å²) in [5.41, 5.74) is 2.25. The van der Waals surface area contributed by atoms with Crippen LogP contribution in [-0.4, -0.2) is 16.2 Å². The topological polar surface area (TPSA) is 27.1 Å². The van der Waals surface area contributed by atoms with Crippen molar-refractivity contribution in [1.82, 2.24) is 9.55 Å². The fourth-order valence-corrected chi connectivity index (χ4v) is 3.34. The first-order valence-electron chi connectivity index (χ1n) is 8.22. The smallest absolute Gasteiger partial charge is 0.370 e. The van der Waals surface area contributed by atoms with E-state index in [1.165, 1.54) is 6.07 Å². The number of halogens is 3. The molecule has 2 heterocycles. The molecule has 3 nitrogen and oxygen atoms in total. The van der Waals surface area contributed by atoms with Gasteiger partial charge in [-0.2, -0.15) is 13.2 Å². The molecule has 0 radical (unpaired) electrons. The summed E-state index contributed by atoms with van der Waals surface area (Å²) >= 11 is 0. The highest BCUT2D eigenvalue weighted by Gasteiger charge is 2.32. The Bertz CT molecular complexity index is 924. The second kappa shape index (κ2) is 5.88. The predicted octanol–water partition coefficient (Wildman–Crippen LogP) is 5.20. The van der Waals surface area contributed by atoms with Gasteiger partial charge in [0.1, 0.15) is 11.9 Å². The lowest BCUT2D eigenvalue weighted by Crippen LogP contribution is -2.08. The van der Waals surface area contributed by atoms with Gasteiger partial charge in [0.25, 0.3) is 0 Å². The minimum Gasteiger partial charge on any atom is -0.370 e. The molecule has 0 N–H and O–H groups in total. The molecule has 0 bridgehead atoms. The summed E-state index contributed by atoms with van der Waals surface area (Å²) in [6, 6.07) is 11.5. The maximum absolute atomic E-state index is 13.1. The van der Waals surface area contributed by atoms with Crippen LogP contribution >= 0.6 is 0 Å². The molecule has 1 aliphatic heterocycles. The lowest BCUT2D eigenvalue weighted by molar-refractivity contribution is -0.137. The highest BCUT2D eigenvalue weighted by molar-refractivity contribution is 5.79. The zero-order valence-electron chi connectivity index (χ0n) is 13.7. The molecule has 1 atom stereocenters. The summed E-state index contributed by atoms with van der Waals surface area (Å²) in [6.45, 7) is 2.62. The van der Waals surface area contributed by atoms with Gasteiger partial charge in [0.2, 0.25) is 0 Å². The Balaban J connectivity index is 1.97. The van der Waals surface area contributed by atoms with Crippen molar-refractivity contribution in [2.24, 2.45) is 0 Å². The molecule has 6 heteroatoms. The van der Waals surface area contributed by atoms with E-state index in [0.29, 0.717) is 23.5 Å². The van der Waals surface area contributed by atoms with Crippen LogP contribution in [0, 0.1) is 6.92 Å². The fourth-order valence-electron chi connectivity index (χ4n) is 3.34. The van der Waals surface area contributed by atoms with Crippen molar-refractivity contribution in [3.8, 4) is 5.69 Å². The Morgan fingerprint density at radius 3 is 2.64 bits per heavy atom. The van der Waals surface area contributed by atoms with Gasteiger partial charge in [-0.1, -0.05) is 18.2 Å². The molecule has 3 aromatic rings. The monoisotopic (exact) mass is 346 g/mol. The lowest BCUT2D eigenvalue weighted by Gasteiger charge is -2.15. The van der Waals surface area contributed by atoms with Crippen LogP contribution in [0.3, 0.4) is 0 Å². The SMILES string of the molecule is Cc1ccccc1-n1c(C2CCCO2)nc2cc(C(F)(F)F)ccc21. The summed E-state index contributed by atoms with van der Waals surface area (Å²) in [5, 5.41) is 0. The highest BCUT2D eigenvalue weighted by Crippen LogP contribution is 2.36. The average Bonchev–Trinajstić information content (AvgIpc) is 3.21. The standard InChI is InChI=1S/C19H17F3N2O/c1-12-5-2-3-6-15(12)24-16-9-8-13(19(20,21)22)11-14(16)23-18(24)17-7-4-10-25-17/h2-3,5-6,8-9,11,17H,4,7,10H2,1H3. The third-order valence-electron chi connectivity index (χ3n) is 4.58. The summed E-state index contributed by atoms with van der Waals surface area (Å²) in [4.78, 5) is 4.52. The number of ether oxygens (including phenoxy) is 1. The van der Waals surface area contributed by atoms with E-state index < -0.39 is 11.7 Å². The molecule has 0 saturated carbocycles. The molecule has 1 aromatic heterocycles. The molecular weight excluding hydrogens is 329 g/mol. The van der Waals surface area contributed by atoms with Gasteiger partial charge >= 0.3 is 6.18 Å². The molecule has 4 rings (SSSR count). The minimum absolute atomic E-state index is 0.193. The number of imidazole rings is 1. The van der Waals surface area contributed by atoms with E-state index in [1.54, 1.807) is 0 Å². The largest absolute Gasteiger partial charge is 0.416 e. The molecule has 1 unspecified atom stereocenters. The van der Waals surface area contributed by atoms with Crippen molar-refractivity contribution in [1.29, 1.82) is 0 Å². The van der Waals surface area contributed by atoms with E-state index in [4.69, 9.17) is 4.74 Å². The number of nitrogens with zero attached hydrogens (tertiary/aromatic N) is 2. The molecule has 0 aliphatic carbocycles.